The van der Waals surface area contributed by atoms with Crippen LogP contribution in [0.5, 0.6) is 0 Å². The summed E-state index contributed by atoms with van der Waals surface area (Å²) in [6, 6.07) is 10.8. The molecule has 0 N–H and O–H groups in total. The molecule has 0 saturated carbocycles. The van der Waals surface area contributed by atoms with Gasteiger partial charge in [-0.3, -0.25) is 4.90 Å². The molecule has 0 radical (unpaired) electrons. The summed E-state index contributed by atoms with van der Waals surface area (Å²) in [4.78, 5) is 5.18. The monoisotopic (exact) mass is 260 g/mol. The average molecular weight is 260 g/mol. The zero-order valence-electron chi connectivity index (χ0n) is 12.5. The standard InChI is InChI=1S/C17H28N2/c1-3-18(15-17-7-5-4-6-8-17)13-14-19-11-9-16(2)10-12-19/h4-8,16H,3,9-15H2,1-2H3. The van der Waals surface area contributed by atoms with E-state index in [-0.39, 0.29) is 0 Å². The van der Waals surface area contributed by atoms with Crippen molar-refractivity contribution in [2.75, 3.05) is 32.7 Å². The van der Waals surface area contributed by atoms with E-state index in [9.17, 15) is 0 Å². The lowest BCUT2D eigenvalue weighted by atomic mass is 9.99. The quantitative estimate of drug-likeness (QED) is 0.775. The molecule has 1 aromatic carbocycles. The maximum Gasteiger partial charge on any atom is 0.0234 e. The van der Waals surface area contributed by atoms with Gasteiger partial charge in [0.05, 0.1) is 0 Å². The smallest absolute Gasteiger partial charge is 0.0234 e. The Labute approximate surface area is 118 Å². The Morgan fingerprint density at radius 3 is 2.47 bits per heavy atom. The van der Waals surface area contributed by atoms with Crippen molar-refractivity contribution in [2.45, 2.75) is 33.2 Å². The van der Waals surface area contributed by atoms with Crippen LogP contribution in [0.2, 0.25) is 0 Å². The van der Waals surface area contributed by atoms with Crippen molar-refractivity contribution in [3.05, 3.63) is 35.9 Å². The first-order valence-electron chi connectivity index (χ1n) is 7.76. The molecule has 1 fully saturated rings. The van der Waals surface area contributed by atoms with Gasteiger partial charge in [-0.25, -0.2) is 0 Å². The zero-order chi connectivity index (χ0) is 13.5. The van der Waals surface area contributed by atoms with Gasteiger partial charge in [0.15, 0.2) is 0 Å². The molecule has 1 heterocycles. The molecule has 0 unspecified atom stereocenters. The summed E-state index contributed by atoms with van der Waals surface area (Å²) in [5, 5.41) is 0. The van der Waals surface area contributed by atoms with E-state index in [4.69, 9.17) is 0 Å². The largest absolute Gasteiger partial charge is 0.302 e. The summed E-state index contributed by atoms with van der Waals surface area (Å²) in [6.45, 7) is 11.9. The number of nitrogens with zero attached hydrogens (tertiary/aromatic N) is 2. The predicted molar refractivity (Wildman–Crippen MR) is 82.2 cm³/mol. The van der Waals surface area contributed by atoms with Crippen molar-refractivity contribution in [3.63, 3.8) is 0 Å². The molecular weight excluding hydrogens is 232 g/mol. The van der Waals surface area contributed by atoms with Crippen LogP contribution < -0.4 is 0 Å². The van der Waals surface area contributed by atoms with E-state index in [0.717, 1.165) is 19.0 Å². The first kappa shape index (κ1) is 14.5. The molecule has 1 aliphatic rings. The molecule has 2 nitrogen and oxygen atoms in total. The van der Waals surface area contributed by atoms with Gasteiger partial charge in [-0.2, -0.15) is 0 Å². The summed E-state index contributed by atoms with van der Waals surface area (Å²) in [7, 11) is 0. The van der Waals surface area contributed by atoms with Gasteiger partial charge in [0.25, 0.3) is 0 Å². The highest BCUT2D eigenvalue weighted by atomic mass is 15.2. The van der Waals surface area contributed by atoms with Gasteiger partial charge in [0.1, 0.15) is 0 Å². The summed E-state index contributed by atoms with van der Waals surface area (Å²) in [5.74, 6) is 0.933. The van der Waals surface area contributed by atoms with E-state index in [2.05, 4.69) is 54.0 Å². The number of rotatable bonds is 6. The fraction of sp³-hybridized carbons (Fsp3) is 0.647. The van der Waals surface area contributed by atoms with Crippen LogP contribution in [0, 0.1) is 5.92 Å². The minimum Gasteiger partial charge on any atom is -0.302 e. The second kappa shape index (κ2) is 7.66. The van der Waals surface area contributed by atoms with Crippen LogP contribution in [-0.2, 0) is 6.54 Å². The lowest BCUT2D eigenvalue weighted by Crippen LogP contribution is -2.39. The van der Waals surface area contributed by atoms with E-state index in [1.165, 1.54) is 44.6 Å². The third kappa shape index (κ3) is 4.96. The normalized spacial score (nSPS) is 18.1. The lowest BCUT2D eigenvalue weighted by Gasteiger charge is -2.32. The van der Waals surface area contributed by atoms with Gasteiger partial charge in [-0.15, -0.1) is 0 Å². The van der Waals surface area contributed by atoms with Crippen molar-refractivity contribution >= 4 is 0 Å². The third-order valence-corrected chi connectivity index (χ3v) is 4.30. The Hall–Kier alpha value is -0.860. The molecular formula is C17H28N2. The summed E-state index contributed by atoms with van der Waals surface area (Å²) in [6.07, 6.45) is 2.76. The molecule has 19 heavy (non-hydrogen) atoms. The Kier molecular flexibility index (Phi) is 5.87. The highest BCUT2D eigenvalue weighted by molar-refractivity contribution is 5.14. The first-order valence-corrected chi connectivity index (χ1v) is 7.76. The fourth-order valence-electron chi connectivity index (χ4n) is 2.76. The topological polar surface area (TPSA) is 6.48 Å². The van der Waals surface area contributed by atoms with E-state index in [0.29, 0.717) is 0 Å². The van der Waals surface area contributed by atoms with Crippen LogP contribution >= 0.6 is 0 Å². The van der Waals surface area contributed by atoms with Crippen LogP contribution in [0.1, 0.15) is 32.3 Å². The number of likely N-dealkylation sites (tertiary alicyclic amines) is 1. The molecule has 1 saturated heterocycles. The van der Waals surface area contributed by atoms with Crippen LogP contribution in [0.25, 0.3) is 0 Å². The third-order valence-electron chi connectivity index (χ3n) is 4.30. The van der Waals surface area contributed by atoms with Gasteiger partial charge in [0.2, 0.25) is 0 Å². The number of piperidine rings is 1. The molecule has 1 aromatic rings. The van der Waals surface area contributed by atoms with Crippen LogP contribution in [0.15, 0.2) is 30.3 Å². The molecule has 0 spiro atoms. The number of likely N-dealkylation sites (N-methyl/N-ethyl adjacent to an activating group) is 1. The Morgan fingerprint density at radius 1 is 1.16 bits per heavy atom. The molecule has 0 atom stereocenters. The average Bonchev–Trinajstić information content (AvgIpc) is 2.46. The molecule has 106 valence electrons. The summed E-state index contributed by atoms with van der Waals surface area (Å²) >= 11 is 0. The molecule has 0 amide bonds. The van der Waals surface area contributed by atoms with E-state index in [1.807, 2.05) is 0 Å². The fourth-order valence-corrected chi connectivity index (χ4v) is 2.76. The van der Waals surface area contributed by atoms with Gasteiger partial charge in [0, 0.05) is 19.6 Å². The SMILES string of the molecule is CCN(CCN1CCC(C)CC1)Cc1ccccc1. The lowest BCUT2D eigenvalue weighted by molar-refractivity contribution is 0.160. The summed E-state index contributed by atoms with van der Waals surface area (Å²) in [5.41, 5.74) is 1.43. The van der Waals surface area contributed by atoms with E-state index in [1.54, 1.807) is 0 Å². The Balaban J connectivity index is 1.73. The highest BCUT2D eigenvalue weighted by Gasteiger charge is 2.15. The second-order valence-corrected chi connectivity index (χ2v) is 5.88. The van der Waals surface area contributed by atoms with Crippen molar-refractivity contribution < 1.29 is 0 Å². The molecule has 0 bridgehead atoms. The summed E-state index contributed by atoms with van der Waals surface area (Å²) < 4.78 is 0. The molecule has 2 heteroatoms. The van der Waals surface area contributed by atoms with Crippen LogP contribution in [0.4, 0.5) is 0 Å². The van der Waals surface area contributed by atoms with Crippen molar-refractivity contribution in [2.24, 2.45) is 5.92 Å². The zero-order valence-corrected chi connectivity index (χ0v) is 12.5. The van der Waals surface area contributed by atoms with Crippen molar-refractivity contribution in [3.8, 4) is 0 Å². The maximum atomic E-state index is 2.63. The second-order valence-electron chi connectivity index (χ2n) is 5.88. The number of hydrogen-bond acceptors (Lipinski definition) is 2. The van der Waals surface area contributed by atoms with Gasteiger partial charge >= 0.3 is 0 Å². The number of hydrogen-bond donors (Lipinski definition) is 0. The number of benzene rings is 1. The molecule has 2 rings (SSSR count). The van der Waals surface area contributed by atoms with Gasteiger partial charge < -0.3 is 4.90 Å². The highest BCUT2D eigenvalue weighted by Crippen LogP contribution is 2.15. The van der Waals surface area contributed by atoms with Gasteiger partial charge in [-0.1, -0.05) is 44.2 Å². The van der Waals surface area contributed by atoms with E-state index >= 15 is 0 Å². The minimum absolute atomic E-state index is 0.933. The minimum atomic E-state index is 0.933. The van der Waals surface area contributed by atoms with Crippen LogP contribution in [-0.4, -0.2) is 42.5 Å². The Bertz CT molecular complexity index is 342. The maximum absolute atomic E-state index is 2.63. The Morgan fingerprint density at radius 2 is 1.84 bits per heavy atom. The first-order chi connectivity index (χ1) is 9.28. The van der Waals surface area contributed by atoms with Crippen molar-refractivity contribution in [1.82, 2.24) is 9.80 Å². The molecule has 0 aliphatic carbocycles. The van der Waals surface area contributed by atoms with Crippen molar-refractivity contribution in [1.29, 1.82) is 0 Å². The molecule has 0 aromatic heterocycles. The van der Waals surface area contributed by atoms with Gasteiger partial charge in [-0.05, 0) is 44.0 Å². The van der Waals surface area contributed by atoms with Crippen LogP contribution in [0.3, 0.4) is 0 Å². The molecule has 1 aliphatic heterocycles. The van der Waals surface area contributed by atoms with E-state index < -0.39 is 0 Å². The predicted octanol–water partition coefficient (Wildman–Crippen LogP) is 3.24.